The van der Waals surface area contributed by atoms with Gasteiger partial charge in [0, 0.05) is 40.2 Å². The minimum Gasteiger partial charge on any atom is -0.378 e. The van der Waals surface area contributed by atoms with Gasteiger partial charge in [0.15, 0.2) is 5.11 Å². The molecule has 33 heavy (non-hydrogen) atoms. The predicted octanol–water partition coefficient (Wildman–Crippen LogP) is 5.64. The molecule has 2 N–H and O–H groups in total. The van der Waals surface area contributed by atoms with Crippen molar-refractivity contribution in [3.8, 4) is 0 Å². The van der Waals surface area contributed by atoms with Gasteiger partial charge in [-0.25, -0.2) is 9.97 Å². The highest BCUT2D eigenvalue weighted by molar-refractivity contribution is 7.80. The van der Waals surface area contributed by atoms with Crippen LogP contribution in [-0.2, 0) is 4.74 Å². The number of benzene rings is 3. The van der Waals surface area contributed by atoms with Crippen molar-refractivity contribution in [2.75, 3.05) is 41.8 Å². The summed E-state index contributed by atoms with van der Waals surface area (Å²) < 4.78 is 6.59. The molecule has 1 aliphatic heterocycles. The summed E-state index contributed by atoms with van der Waals surface area (Å²) in [4.78, 5) is 12.9. The second kappa shape index (κ2) is 8.55. The van der Waals surface area contributed by atoms with E-state index in [9.17, 15) is 0 Å². The Hall–Kier alpha value is -3.33. The Labute approximate surface area is 200 Å². The number of aromatic nitrogens is 2. The zero-order valence-electron chi connectivity index (χ0n) is 17.7. The first-order valence-corrected chi connectivity index (χ1v) is 12.1. The number of thiocarbonyl (C=S) groups is 1. The quantitative estimate of drug-likeness (QED) is 0.330. The van der Waals surface area contributed by atoms with E-state index in [1.807, 2.05) is 30.3 Å². The molecular formula is C25H21N5OS2. The number of thiophene rings is 1. The van der Waals surface area contributed by atoms with Gasteiger partial charge < -0.3 is 20.3 Å². The maximum Gasteiger partial charge on any atom is 0.175 e. The van der Waals surface area contributed by atoms with E-state index in [1.54, 1.807) is 11.3 Å². The summed E-state index contributed by atoms with van der Waals surface area (Å²) in [6, 6.07) is 22.5. The highest BCUT2D eigenvalue weighted by Crippen LogP contribution is 2.34. The fourth-order valence-corrected chi connectivity index (χ4v) is 5.33. The Morgan fingerprint density at radius 3 is 2.36 bits per heavy atom. The lowest BCUT2D eigenvalue weighted by Gasteiger charge is -2.29. The minimum atomic E-state index is 0.546. The molecule has 8 heteroatoms. The Morgan fingerprint density at radius 2 is 1.58 bits per heavy atom. The van der Waals surface area contributed by atoms with Gasteiger partial charge >= 0.3 is 0 Å². The maximum atomic E-state index is 5.56. The van der Waals surface area contributed by atoms with Gasteiger partial charge in [-0.2, -0.15) is 0 Å². The first kappa shape index (κ1) is 20.3. The molecule has 2 aromatic heterocycles. The predicted molar refractivity (Wildman–Crippen MR) is 142 cm³/mol. The lowest BCUT2D eigenvalue weighted by Crippen LogP contribution is -2.36. The molecule has 0 atom stereocenters. The van der Waals surface area contributed by atoms with Crippen molar-refractivity contribution in [2.45, 2.75) is 0 Å². The van der Waals surface area contributed by atoms with E-state index in [0.717, 1.165) is 69.1 Å². The third-order valence-electron chi connectivity index (χ3n) is 5.74. The van der Waals surface area contributed by atoms with Gasteiger partial charge in [0.1, 0.15) is 10.3 Å². The lowest BCUT2D eigenvalue weighted by molar-refractivity contribution is 0.122. The van der Waals surface area contributed by atoms with Crippen molar-refractivity contribution in [2.24, 2.45) is 0 Å². The zero-order valence-corrected chi connectivity index (χ0v) is 19.4. The monoisotopic (exact) mass is 471 g/mol. The summed E-state index contributed by atoms with van der Waals surface area (Å²) in [7, 11) is 0. The van der Waals surface area contributed by atoms with Crippen LogP contribution in [0.5, 0.6) is 0 Å². The van der Waals surface area contributed by atoms with Gasteiger partial charge in [0.05, 0.1) is 24.2 Å². The molecule has 0 aliphatic carbocycles. The summed E-state index contributed by atoms with van der Waals surface area (Å²) in [5.41, 5.74) is 5.81. The van der Waals surface area contributed by atoms with Crippen LogP contribution in [0.3, 0.4) is 0 Å². The number of rotatable bonds is 3. The van der Waals surface area contributed by atoms with Crippen molar-refractivity contribution < 1.29 is 4.74 Å². The van der Waals surface area contributed by atoms with Gasteiger partial charge in [-0.15, -0.1) is 11.3 Å². The number of fused-ring (bicyclic) bond motifs is 4. The number of anilines is 3. The number of para-hydroxylation sites is 2. The number of morpholine rings is 1. The number of hydrogen-bond acceptors (Lipinski definition) is 6. The molecule has 0 amide bonds. The molecule has 164 valence electrons. The van der Waals surface area contributed by atoms with Crippen LogP contribution < -0.4 is 15.5 Å². The van der Waals surface area contributed by atoms with Gasteiger partial charge in [-0.05, 0) is 66.8 Å². The van der Waals surface area contributed by atoms with E-state index in [2.05, 4.69) is 51.9 Å². The largest absolute Gasteiger partial charge is 0.378 e. The van der Waals surface area contributed by atoms with Crippen LogP contribution in [0.25, 0.3) is 31.5 Å². The minimum absolute atomic E-state index is 0.546. The molecule has 0 saturated carbocycles. The Balaban J connectivity index is 1.20. The fraction of sp³-hybridized carbons (Fsp3) is 0.160. The zero-order chi connectivity index (χ0) is 22.2. The molecule has 5 aromatic rings. The Morgan fingerprint density at radius 1 is 0.879 bits per heavy atom. The summed E-state index contributed by atoms with van der Waals surface area (Å²) in [5, 5.41) is 8.20. The molecule has 6 rings (SSSR count). The highest BCUT2D eigenvalue weighted by atomic mass is 32.1. The molecule has 3 aromatic carbocycles. The van der Waals surface area contributed by atoms with E-state index in [-0.39, 0.29) is 0 Å². The topological polar surface area (TPSA) is 62.3 Å². The summed E-state index contributed by atoms with van der Waals surface area (Å²) in [5.74, 6) is 0. The van der Waals surface area contributed by atoms with Crippen molar-refractivity contribution in [1.82, 2.24) is 9.97 Å². The van der Waals surface area contributed by atoms with Crippen LogP contribution in [0.1, 0.15) is 0 Å². The van der Waals surface area contributed by atoms with Crippen molar-refractivity contribution in [1.29, 1.82) is 0 Å². The first-order valence-electron chi connectivity index (χ1n) is 10.8. The van der Waals surface area contributed by atoms with E-state index in [1.165, 1.54) is 5.69 Å². The standard InChI is InChI=1S/C25H21N5OS2/c32-25(26-16-5-8-18(9-6-16)30-11-13-31-14-12-30)27-17-7-10-22-19(15-17)23-24(33-22)29-21-4-2-1-3-20(21)28-23/h1-10,15H,11-14H2,(H2,26,27,32). The fourth-order valence-electron chi connectivity index (χ4n) is 4.09. The molecule has 0 radical (unpaired) electrons. The third-order valence-corrected chi connectivity index (χ3v) is 7.00. The second-order valence-electron chi connectivity index (χ2n) is 7.90. The second-order valence-corrected chi connectivity index (χ2v) is 9.34. The van der Waals surface area contributed by atoms with E-state index in [0.29, 0.717) is 5.11 Å². The van der Waals surface area contributed by atoms with Crippen molar-refractivity contribution >= 4 is 77.2 Å². The molecule has 1 fully saturated rings. The van der Waals surface area contributed by atoms with Crippen molar-refractivity contribution in [3.63, 3.8) is 0 Å². The van der Waals surface area contributed by atoms with Crippen LogP contribution in [0.4, 0.5) is 17.1 Å². The van der Waals surface area contributed by atoms with Crippen LogP contribution in [0.15, 0.2) is 66.7 Å². The molecule has 0 unspecified atom stereocenters. The molecular weight excluding hydrogens is 450 g/mol. The normalized spacial score (nSPS) is 14.1. The molecule has 0 spiro atoms. The third kappa shape index (κ3) is 4.08. The lowest BCUT2D eigenvalue weighted by atomic mass is 10.2. The number of nitrogens with one attached hydrogen (secondary N) is 2. The van der Waals surface area contributed by atoms with Gasteiger partial charge in [0.2, 0.25) is 0 Å². The van der Waals surface area contributed by atoms with Crippen LogP contribution >= 0.6 is 23.6 Å². The first-order chi connectivity index (χ1) is 16.2. The van der Waals surface area contributed by atoms with E-state index >= 15 is 0 Å². The summed E-state index contributed by atoms with van der Waals surface area (Å²) in [6.45, 7) is 3.40. The van der Waals surface area contributed by atoms with Gasteiger partial charge in [-0.1, -0.05) is 12.1 Å². The van der Waals surface area contributed by atoms with Gasteiger partial charge in [-0.3, -0.25) is 0 Å². The average Bonchev–Trinajstić information content (AvgIpc) is 3.20. The Bertz CT molecular complexity index is 1480. The summed E-state index contributed by atoms with van der Waals surface area (Å²) >= 11 is 7.22. The smallest absolute Gasteiger partial charge is 0.175 e. The molecule has 6 nitrogen and oxygen atoms in total. The van der Waals surface area contributed by atoms with Crippen LogP contribution in [0, 0.1) is 0 Å². The molecule has 3 heterocycles. The molecule has 1 aliphatic rings. The van der Waals surface area contributed by atoms with Crippen LogP contribution in [-0.4, -0.2) is 41.4 Å². The number of hydrogen-bond donors (Lipinski definition) is 2. The SMILES string of the molecule is S=C(Nc1ccc(N2CCOCC2)cc1)Nc1ccc2sc3nc4ccccc4nc3c2c1. The van der Waals surface area contributed by atoms with Crippen molar-refractivity contribution in [3.05, 3.63) is 66.7 Å². The number of nitrogens with zero attached hydrogens (tertiary/aromatic N) is 3. The van der Waals surface area contributed by atoms with Crippen LogP contribution in [0.2, 0.25) is 0 Å². The molecule has 0 bridgehead atoms. The Kier molecular flexibility index (Phi) is 5.26. The van der Waals surface area contributed by atoms with Gasteiger partial charge in [0.25, 0.3) is 0 Å². The maximum absolute atomic E-state index is 5.56. The highest BCUT2D eigenvalue weighted by Gasteiger charge is 2.12. The van der Waals surface area contributed by atoms with E-state index in [4.69, 9.17) is 26.9 Å². The van der Waals surface area contributed by atoms with E-state index < -0.39 is 0 Å². The summed E-state index contributed by atoms with van der Waals surface area (Å²) in [6.07, 6.45) is 0. The average molecular weight is 472 g/mol. The number of ether oxygens (including phenoxy) is 1. The molecule has 1 saturated heterocycles.